The zero-order chi connectivity index (χ0) is 37.5. The van der Waals surface area contributed by atoms with Crippen molar-refractivity contribution in [2.45, 2.75) is 0 Å². The number of hydrogen-bond donors (Lipinski definition) is 0. The molecule has 12 aromatic rings. The first-order valence-electron chi connectivity index (χ1n) is 18.9. The van der Waals surface area contributed by atoms with Crippen LogP contribution in [0.1, 0.15) is 0 Å². The number of furan rings is 3. The molecule has 0 saturated carbocycles. The molecule has 0 N–H and O–H groups in total. The minimum absolute atomic E-state index is 0.553. The number of rotatable bonds is 5. The number of hydrogen-bond acceptors (Lipinski definition) is 6. The third-order valence-corrected chi connectivity index (χ3v) is 11.0. The van der Waals surface area contributed by atoms with Gasteiger partial charge in [0, 0.05) is 49.0 Å². The highest BCUT2D eigenvalue weighted by molar-refractivity contribution is 6.15. The molecule has 0 aliphatic heterocycles. The summed E-state index contributed by atoms with van der Waals surface area (Å²) in [5.74, 6) is 1.71. The van der Waals surface area contributed by atoms with Gasteiger partial charge in [-0.15, -0.1) is 0 Å². The standard InChI is InChI=1S/C51H29N3O3/c1-2-12-30(13-3-1)49-52-50(54-51(53-49)40-19-11-23-44-48(40)38-17-7-9-21-42(38)55-44)32-25-27-39-46(29-32)57-43-22-10-18-37(47(39)43)34-15-5-4-14-33(34)31-24-26-36-35-16-6-8-20-41(35)56-45(36)28-31/h1-29H. The highest BCUT2D eigenvalue weighted by Gasteiger charge is 2.20. The van der Waals surface area contributed by atoms with E-state index in [2.05, 4.69) is 84.9 Å². The fourth-order valence-electron chi connectivity index (χ4n) is 8.36. The molecule has 4 aromatic heterocycles. The van der Waals surface area contributed by atoms with E-state index in [1.807, 2.05) is 91.0 Å². The van der Waals surface area contributed by atoms with E-state index < -0.39 is 0 Å². The minimum atomic E-state index is 0.553. The Morgan fingerprint density at radius 3 is 1.56 bits per heavy atom. The molecule has 0 spiro atoms. The first-order valence-corrected chi connectivity index (χ1v) is 18.9. The van der Waals surface area contributed by atoms with Gasteiger partial charge in [0.1, 0.15) is 33.5 Å². The molecule has 266 valence electrons. The molecule has 0 bridgehead atoms. The van der Waals surface area contributed by atoms with Crippen LogP contribution in [0.15, 0.2) is 189 Å². The lowest BCUT2D eigenvalue weighted by Crippen LogP contribution is -2.00. The van der Waals surface area contributed by atoms with E-state index in [1.54, 1.807) is 0 Å². The predicted octanol–water partition coefficient (Wildman–Crippen LogP) is 13.9. The molecule has 57 heavy (non-hydrogen) atoms. The molecule has 0 aliphatic carbocycles. The Labute approximate surface area is 325 Å². The molecule has 4 heterocycles. The van der Waals surface area contributed by atoms with Gasteiger partial charge >= 0.3 is 0 Å². The molecule has 0 atom stereocenters. The van der Waals surface area contributed by atoms with Crippen LogP contribution < -0.4 is 0 Å². The lowest BCUT2D eigenvalue weighted by Gasteiger charge is -2.11. The number of aromatic nitrogens is 3. The molecule has 0 fully saturated rings. The van der Waals surface area contributed by atoms with Gasteiger partial charge in [-0.2, -0.15) is 0 Å². The summed E-state index contributed by atoms with van der Waals surface area (Å²) >= 11 is 0. The van der Waals surface area contributed by atoms with Crippen LogP contribution in [0.2, 0.25) is 0 Å². The lowest BCUT2D eigenvalue weighted by molar-refractivity contribution is 0.668. The Hall–Kier alpha value is -7.83. The maximum absolute atomic E-state index is 6.64. The predicted molar refractivity (Wildman–Crippen MR) is 229 cm³/mol. The van der Waals surface area contributed by atoms with E-state index in [9.17, 15) is 0 Å². The smallest absolute Gasteiger partial charge is 0.164 e. The zero-order valence-electron chi connectivity index (χ0n) is 30.3. The Morgan fingerprint density at radius 2 is 0.737 bits per heavy atom. The van der Waals surface area contributed by atoms with E-state index >= 15 is 0 Å². The number of fused-ring (bicyclic) bond motifs is 9. The second kappa shape index (κ2) is 12.3. The van der Waals surface area contributed by atoms with Crippen LogP contribution in [0, 0.1) is 0 Å². The van der Waals surface area contributed by atoms with Gasteiger partial charge in [0.15, 0.2) is 17.5 Å². The van der Waals surface area contributed by atoms with Crippen molar-refractivity contribution in [1.29, 1.82) is 0 Å². The maximum Gasteiger partial charge on any atom is 0.164 e. The number of para-hydroxylation sites is 2. The van der Waals surface area contributed by atoms with Gasteiger partial charge in [0.25, 0.3) is 0 Å². The van der Waals surface area contributed by atoms with Crippen LogP contribution in [0.3, 0.4) is 0 Å². The van der Waals surface area contributed by atoms with Crippen molar-refractivity contribution in [2.75, 3.05) is 0 Å². The van der Waals surface area contributed by atoms with Gasteiger partial charge in [-0.05, 0) is 70.8 Å². The highest BCUT2D eigenvalue weighted by Crippen LogP contribution is 2.43. The molecule has 0 amide bonds. The zero-order valence-corrected chi connectivity index (χ0v) is 30.3. The molecule has 6 nitrogen and oxygen atoms in total. The van der Waals surface area contributed by atoms with Crippen molar-refractivity contribution in [3.63, 3.8) is 0 Å². The summed E-state index contributed by atoms with van der Waals surface area (Å²) in [7, 11) is 0. The van der Waals surface area contributed by atoms with E-state index in [4.69, 9.17) is 28.2 Å². The average molecular weight is 732 g/mol. The van der Waals surface area contributed by atoms with Crippen LogP contribution in [0.25, 0.3) is 122 Å². The van der Waals surface area contributed by atoms with Gasteiger partial charge in [-0.1, -0.05) is 127 Å². The van der Waals surface area contributed by atoms with Crippen molar-refractivity contribution in [2.24, 2.45) is 0 Å². The summed E-state index contributed by atoms with van der Waals surface area (Å²) in [6, 6.07) is 59.9. The molecule has 8 aromatic carbocycles. The molecule has 0 saturated heterocycles. The van der Waals surface area contributed by atoms with E-state index in [1.165, 1.54) is 0 Å². The van der Waals surface area contributed by atoms with Crippen LogP contribution in [-0.4, -0.2) is 15.0 Å². The van der Waals surface area contributed by atoms with Gasteiger partial charge < -0.3 is 13.3 Å². The van der Waals surface area contributed by atoms with Gasteiger partial charge in [-0.3, -0.25) is 0 Å². The minimum Gasteiger partial charge on any atom is -0.456 e. The molecule has 0 radical (unpaired) electrons. The first kappa shape index (κ1) is 31.5. The Balaban J connectivity index is 1.01. The van der Waals surface area contributed by atoms with E-state index in [0.29, 0.717) is 17.5 Å². The van der Waals surface area contributed by atoms with E-state index in [-0.39, 0.29) is 0 Å². The summed E-state index contributed by atoms with van der Waals surface area (Å²) in [4.78, 5) is 15.2. The normalized spacial score (nSPS) is 11.9. The number of benzene rings is 8. The molecule has 0 unspecified atom stereocenters. The van der Waals surface area contributed by atoms with Crippen LogP contribution in [0.5, 0.6) is 0 Å². The quantitative estimate of drug-likeness (QED) is 0.175. The summed E-state index contributed by atoms with van der Waals surface area (Å²) in [6.45, 7) is 0. The second-order valence-corrected chi connectivity index (χ2v) is 14.3. The maximum atomic E-state index is 6.64. The largest absolute Gasteiger partial charge is 0.456 e. The molecule has 0 aliphatic rings. The van der Waals surface area contributed by atoms with Crippen molar-refractivity contribution in [1.82, 2.24) is 15.0 Å². The third kappa shape index (κ3) is 5.01. The molecule has 12 rings (SSSR count). The summed E-state index contributed by atoms with van der Waals surface area (Å²) in [5, 5.41) is 6.29. The first-order chi connectivity index (χ1) is 28.2. The molecular weight excluding hydrogens is 703 g/mol. The Bertz CT molecular complexity index is 3540. The van der Waals surface area contributed by atoms with Gasteiger partial charge in [0.2, 0.25) is 0 Å². The van der Waals surface area contributed by atoms with Gasteiger partial charge in [-0.25, -0.2) is 15.0 Å². The molecule has 6 heteroatoms. The van der Waals surface area contributed by atoms with Crippen LogP contribution in [0.4, 0.5) is 0 Å². The highest BCUT2D eigenvalue weighted by atomic mass is 16.3. The molecular formula is C51H29N3O3. The SMILES string of the molecule is c1ccc(-c2nc(-c3ccc4c(c3)oc3cccc(-c5ccccc5-c5ccc6c(c5)oc5ccccc56)c34)nc(-c3cccc4oc5ccccc5c34)n2)cc1. The lowest BCUT2D eigenvalue weighted by atomic mass is 9.91. The third-order valence-electron chi connectivity index (χ3n) is 11.0. The average Bonchev–Trinajstić information content (AvgIpc) is 3.97. The Kier molecular flexibility index (Phi) is 6.83. The fourth-order valence-corrected chi connectivity index (χ4v) is 8.36. The Morgan fingerprint density at radius 1 is 0.263 bits per heavy atom. The van der Waals surface area contributed by atoms with Crippen LogP contribution >= 0.6 is 0 Å². The second-order valence-electron chi connectivity index (χ2n) is 14.3. The van der Waals surface area contributed by atoms with Crippen molar-refractivity contribution < 1.29 is 13.3 Å². The topological polar surface area (TPSA) is 78.1 Å². The van der Waals surface area contributed by atoms with Crippen molar-refractivity contribution in [3.8, 4) is 56.4 Å². The van der Waals surface area contributed by atoms with Gasteiger partial charge in [0.05, 0.1) is 0 Å². The summed E-state index contributed by atoms with van der Waals surface area (Å²) < 4.78 is 19.2. The van der Waals surface area contributed by atoms with E-state index in [0.717, 1.165) is 105 Å². The number of nitrogens with zero attached hydrogens (tertiary/aromatic N) is 3. The monoisotopic (exact) mass is 731 g/mol. The summed E-state index contributed by atoms with van der Waals surface area (Å²) in [5.41, 5.74) is 11.9. The van der Waals surface area contributed by atoms with Crippen molar-refractivity contribution >= 4 is 65.8 Å². The fraction of sp³-hybridized carbons (Fsp3) is 0. The van der Waals surface area contributed by atoms with Crippen molar-refractivity contribution in [3.05, 3.63) is 176 Å². The summed E-state index contributed by atoms with van der Waals surface area (Å²) in [6.07, 6.45) is 0. The van der Waals surface area contributed by atoms with Crippen LogP contribution in [-0.2, 0) is 0 Å².